The van der Waals surface area contributed by atoms with Crippen LogP contribution in [0, 0.1) is 11.3 Å². The summed E-state index contributed by atoms with van der Waals surface area (Å²) in [4.78, 5) is 24.5. The molecule has 0 aliphatic heterocycles. The van der Waals surface area contributed by atoms with Gasteiger partial charge in [-0.05, 0) is 36.8 Å². The maximum absolute atomic E-state index is 12.2. The summed E-state index contributed by atoms with van der Waals surface area (Å²) in [6.45, 7) is 1.41. The summed E-state index contributed by atoms with van der Waals surface area (Å²) in [5, 5.41) is 11.6. The van der Waals surface area contributed by atoms with E-state index in [2.05, 4.69) is 5.32 Å². The molecule has 0 aromatic heterocycles. The standard InChI is InChI=1S/C19H18N2O5S/c1-13(18(22)21-17-9-4-3-7-16(17)11-20)26-19(23)15-8-5-6-14(10-15)12-27(2,24)25/h3-10,13H,12H2,1-2H3,(H,21,22)/t13-/m0/s1. The smallest absolute Gasteiger partial charge is 0.338 e. The lowest BCUT2D eigenvalue weighted by Crippen LogP contribution is -2.30. The molecule has 2 aromatic carbocycles. The molecule has 140 valence electrons. The Morgan fingerprint density at radius 2 is 1.89 bits per heavy atom. The molecule has 0 unspecified atom stereocenters. The third-order valence-electron chi connectivity index (χ3n) is 3.55. The van der Waals surface area contributed by atoms with Gasteiger partial charge in [0.25, 0.3) is 5.91 Å². The molecule has 0 aliphatic carbocycles. The Hall–Kier alpha value is -3.18. The summed E-state index contributed by atoms with van der Waals surface area (Å²) in [6, 6.07) is 14.4. The van der Waals surface area contributed by atoms with E-state index in [1.165, 1.54) is 19.1 Å². The van der Waals surface area contributed by atoms with Gasteiger partial charge in [-0.1, -0.05) is 24.3 Å². The Balaban J connectivity index is 2.06. The Kier molecular flexibility index (Phi) is 6.32. The second kappa shape index (κ2) is 8.47. The second-order valence-electron chi connectivity index (χ2n) is 5.96. The number of nitriles is 1. The molecule has 0 fully saturated rings. The van der Waals surface area contributed by atoms with Crippen LogP contribution in [0.15, 0.2) is 48.5 Å². The summed E-state index contributed by atoms with van der Waals surface area (Å²) >= 11 is 0. The van der Waals surface area contributed by atoms with E-state index in [1.54, 1.807) is 36.4 Å². The van der Waals surface area contributed by atoms with Crippen LogP contribution in [0.5, 0.6) is 0 Å². The lowest BCUT2D eigenvalue weighted by molar-refractivity contribution is -0.123. The fourth-order valence-corrected chi connectivity index (χ4v) is 3.08. The number of sulfone groups is 1. The van der Waals surface area contributed by atoms with Crippen LogP contribution in [0.2, 0.25) is 0 Å². The molecule has 1 atom stereocenters. The monoisotopic (exact) mass is 386 g/mol. The van der Waals surface area contributed by atoms with Crippen molar-refractivity contribution in [1.82, 2.24) is 0 Å². The summed E-state index contributed by atoms with van der Waals surface area (Å²) < 4.78 is 27.9. The number of ether oxygens (including phenoxy) is 1. The second-order valence-corrected chi connectivity index (χ2v) is 8.10. The van der Waals surface area contributed by atoms with Crippen molar-refractivity contribution in [3.05, 3.63) is 65.2 Å². The van der Waals surface area contributed by atoms with E-state index in [1.807, 2.05) is 6.07 Å². The van der Waals surface area contributed by atoms with Gasteiger partial charge in [0.2, 0.25) is 0 Å². The number of rotatable bonds is 6. The fraction of sp³-hybridized carbons (Fsp3) is 0.211. The number of carbonyl (C=O) groups is 2. The van der Waals surface area contributed by atoms with Crippen molar-refractivity contribution in [2.45, 2.75) is 18.8 Å². The third kappa shape index (κ3) is 5.94. The van der Waals surface area contributed by atoms with Gasteiger partial charge in [-0.2, -0.15) is 5.26 Å². The number of hydrogen-bond donors (Lipinski definition) is 1. The first-order valence-electron chi connectivity index (χ1n) is 7.97. The molecular weight excluding hydrogens is 368 g/mol. The van der Waals surface area contributed by atoms with Gasteiger partial charge in [-0.3, -0.25) is 4.79 Å². The number of carbonyl (C=O) groups excluding carboxylic acids is 2. The highest BCUT2D eigenvalue weighted by Crippen LogP contribution is 2.15. The van der Waals surface area contributed by atoms with E-state index in [9.17, 15) is 18.0 Å². The molecule has 0 heterocycles. The maximum Gasteiger partial charge on any atom is 0.338 e. The predicted molar refractivity (Wildman–Crippen MR) is 99.7 cm³/mol. The first-order valence-corrected chi connectivity index (χ1v) is 10.0. The highest BCUT2D eigenvalue weighted by Gasteiger charge is 2.20. The first-order chi connectivity index (χ1) is 12.7. The van der Waals surface area contributed by atoms with Gasteiger partial charge in [0.15, 0.2) is 15.9 Å². The van der Waals surface area contributed by atoms with Crippen LogP contribution >= 0.6 is 0 Å². The SMILES string of the molecule is C[C@H](OC(=O)c1cccc(CS(C)(=O)=O)c1)C(=O)Nc1ccccc1C#N. The van der Waals surface area contributed by atoms with Crippen LogP contribution < -0.4 is 5.32 Å². The number of nitrogens with one attached hydrogen (secondary N) is 1. The van der Waals surface area contributed by atoms with Crippen molar-refractivity contribution in [1.29, 1.82) is 5.26 Å². The quantitative estimate of drug-likeness (QED) is 0.762. The molecule has 2 aromatic rings. The summed E-state index contributed by atoms with van der Waals surface area (Å²) in [7, 11) is -3.24. The summed E-state index contributed by atoms with van der Waals surface area (Å²) in [5.41, 5.74) is 1.21. The van der Waals surface area contributed by atoms with E-state index in [-0.39, 0.29) is 16.9 Å². The van der Waals surface area contributed by atoms with Gasteiger partial charge in [-0.25, -0.2) is 13.2 Å². The molecule has 0 saturated heterocycles. The average molecular weight is 386 g/mol. The number of amides is 1. The van der Waals surface area contributed by atoms with Crippen LogP contribution in [0.1, 0.15) is 28.4 Å². The van der Waals surface area contributed by atoms with Crippen molar-refractivity contribution in [2.75, 3.05) is 11.6 Å². The van der Waals surface area contributed by atoms with Crippen molar-refractivity contribution in [2.24, 2.45) is 0 Å². The van der Waals surface area contributed by atoms with Crippen LogP contribution in [-0.2, 0) is 25.1 Å². The number of esters is 1. The number of anilines is 1. The molecular formula is C19H18N2O5S. The Bertz CT molecular complexity index is 1010. The highest BCUT2D eigenvalue weighted by molar-refractivity contribution is 7.89. The molecule has 7 nitrogen and oxygen atoms in total. The highest BCUT2D eigenvalue weighted by atomic mass is 32.2. The van der Waals surface area contributed by atoms with Gasteiger partial charge in [-0.15, -0.1) is 0 Å². The van der Waals surface area contributed by atoms with Crippen LogP contribution in [0.25, 0.3) is 0 Å². The Labute approximate surface area is 157 Å². The topological polar surface area (TPSA) is 113 Å². The normalized spacial score (nSPS) is 11.9. The van der Waals surface area contributed by atoms with Gasteiger partial charge < -0.3 is 10.1 Å². The van der Waals surface area contributed by atoms with Gasteiger partial charge in [0, 0.05) is 6.26 Å². The molecule has 0 aliphatic rings. The van der Waals surface area contributed by atoms with Crippen molar-refractivity contribution in [3.63, 3.8) is 0 Å². The molecule has 27 heavy (non-hydrogen) atoms. The van der Waals surface area contributed by atoms with E-state index in [0.29, 0.717) is 11.3 Å². The molecule has 8 heteroatoms. The number of para-hydroxylation sites is 1. The van der Waals surface area contributed by atoms with E-state index in [0.717, 1.165) is 6.26 Å². The number of nitrogens with zero attached hydrogens (tertiary/aromatic N) is 1. The van der Waals surface area contributed by atoms with E-state index < -0.39 is 27.8 Å². The zero-order chi connectivity index (χ0) is 20.0. The minimum absolute atomic E-state index is 0.147. The molecule has 1 N–H and O–H groups in total. The largest absolute Gasteiger partial charge is 0.449 e. The van der Waals surface area contributed by atoms with Crippen molar-refractivity contribution < 1.29 is 22.7 Å². The zero-order valence-corrected chi connectivity index (χ0v) is 15.6. The van der Waals surface area contributed by atoms with E-state index in [4.69, 9.17) is 10.00 Å². The minimum atomic E-state index is -3.24. The maximum atomic E-state index is 12.2. The Morgan fingerprint density at radius 1 is 1.19 bits per heavy atom. The van der Waals surface area contributed by atoms with Crippen LogP contribution in [0.4, 0.5) is 5.69 Å². The lowest BCUT2D eigenvalue weighted by Gasteiger charge is -2.14. The molecule has 1 amide bonds. The van der Waals surface area contributed by atoms with Crippen molar-refractivity contribution >= 4 is 27.4 Å². The summed E-state index contributed by atoms with van der Waals surface area (Å²) in [5.74, 6) is -1.53. The van der Waals surface area contributed by atoms with Crippen LogP contribution in [-0.4, -0.2) is 32.7 Å². The van der Waals surface area contributed by atoms with Gasteiger partial charge in [0.05, 0.1) is 22.6 Å². The van der Waals surface area contributed by atoms with Crippen molar-refractivity contribution in [3.8, 4) is 6.07 Å². The van der Waals surface area contributed by atoms with Gasteiger partial charge >= 0.3 is 5.97 Å². The third-order valence-corrected chi connectivity index (χ3v) is 4.41. The first kappa shape index (κ1) is 20.1. The van der Waals surface area contributed by atoms with Crippen LogP contribution in [0.3, 0.4) is 0 Å². The average Bonchev–Trinajstić information content (AvgIpc) is 2.60. The number of hydrogen-bond acceptors (Lipinski definition) is 6. The minimum Gasteiger partial charge on any atom is -0.449 e. The summed E-state index contributed by atoms with van der Waals surface area (Å²) in [6.07, 6.45) is -0.00783. The Morgan fingerprint density at radius 3 is 2.56 bits per heavy atom. The molecule has 0 spiro atoms. The lowest BCUT2D eigenvalue weighted by atomic mass is 10.1. The number of benzene rings is 2. The predicted octanol–water partition coefficient (Wildman–Crippen LogP) is 2.29. The molecule has 2 rings (SSSR count). The molecule has 0 saturated carbocycles. The fourth-order valence-electron chi connectivity index (χ4n) is 2.30. The molecule has 0 radical (unpaired) electrons. The van der Waals surface area contributed by atoms with Gasteiger partial charge in [0.1, 0.15) is 6.07 Å². The van der Waals surface area contributed by atoms with E-state index >= 15 is 0 Å². The zero-order valence-electron chi connectivity index (χ0n) is 14.8. The molecule has 0 bridgehead atoms.